The van der Waals surface area contributed by atoms with Crippen molar-refractivity contribution < 1.29 is 4.79 Å². The number of nitrogens with zero attached hydrogens (tertiary/aromatic N) is 2. The van der Waals surface area contributed by atoms with Crippen molar-refractivity contribution in [1.82, 2.24) is 9.88 Å². The molecule has 19 heavy (non-hydrogen) atoms. The van der Waals surface area contributed by atoms with Crippen molar-refractivity contribution in [1.29, 1.82) is 0 Å². The van der Waals surface area contributed by atoms with Crippen LogP contribution in [-0.2, 0) is 0 Å². The SMILES string of the molecule is CC(C)N(CC1CC1)C(=O)c1cnc(NN)c(Cl)c1. The number of halogens is 1. The van der Waals surface area contributed by atoms with Crippen LogP contribution in [0.1, 0.15) is 37.0 Å². The molecule has 3 N–H and O–H groups in total. The maximum absolute atomic E-state index is 12.5. The lowest BCUT2D eigenvalue weighted by Crippen LogP contribution is -2.38. The Balaban J connectivity index is 2.18. The van der Waals surface area contributed by atoms with Gasteiger partial charge in [0, 0.05) is 18.8 Å². The molecule has 0 saturated heterocycles. The lowest BCUT2D eigenvalue weighted by atomic mass is 10.2. The molecule has 1 heterocycles. The highest BCUT2D eigenvalue weighted by molar-refractivity contribution is 6.33. The Labute approximate surface area is 118 Å². The molecular formula is C13H19ClN4O. The molecule has 0 unspecified atom stereocenters. The van der Waals surface area contributed by atoms with E-state index in [4.69, 9.17) is 17.4 Å². The summed E-state index contributed by atoms with van der Waals surface area (Å²) >= 11 is 6.00. The first-order valence-corrected chi connectivity index (χ1v) is 6.84. The van der Waals surface area contributed by atoms with E-state index >= 15 is 0 Å². The van der Waals surface area contributed by atoms with E-state index in [1.165, 1.54) is 19.0 Å². The second-order valence-electron chi connectivity index (χ2n) is 5.19. The topological polar surface area (TPSA) is 71.2 Å². The van der Waals surface area contributed by atoms with E-state index < -0.39 is 0 Å². The van der Waals surface area contributed by atoms with Gasteiger partial charge in [0.25, 0.3) is 5.91 Å². The second-order valence-corrected chi connectivity index (χ2v) is 5.60. The fourth-order valence-electron chi connectivity index (χ4n) is 1.93. The van der Waals surface area contributed by atoms with Crippen LogP contribution in [0.5, 0.6) is 0 Å². The van der Waals surface area contributed by atoms with E-state index in [-0.39, 0.29) is 11.9 Å². The monoisotopic (exact) mass is 282 g/mol. The van der Waals surface area contributed by atoms with Crippen LogP contribution in [-0.4, -0.2) is 28.4 Å². The van der Waals surface area contributed by atoms with E-state index in [2.05, 4.69) is 10.4 Å². The smallest absolute Gasteiger partial charge is 0.255 e. The second kappa shape index (κ2) is 5.75. The van der Waals surface area contributed by atoms with Crippen LogP contribution in [0.25, 0.3) is 0 Å². The lowest BCUT2D eigenvalue weighted by Gasteiger charge is -2.27. The van der Waals surface area contributed by atoms with Gasteiger partial charge in [-0.3, -0.25) is 4.79 Å². The third-order valence-corrected chi connectivity index (χ3v) is 3.55. The average Bonchev–Trinajstić information content (AvgIpc) is 3.18. The van der Waals surface area contributed by atoms with Gasteiger partial charge >= 0.3 is 0 Å². The van der Waals surface area contributed by atoms with Crippen molar-refractivity contribution in [2.24, 2.45) is 11.8 Å². The molecule has 0 radical (unpaired) electrons. The molecule has 1 aliphatic rings. The zero-order valence-corrected chi connectivity index (χ0v) is 11.9. The van der Waals surface area contributed by atoms with Gasteiger partial charge in [-0.1, -0.05) is 11.6 Å². The number of anilines is 1. The molecule has 0 aromatic carbocycles. The number of aromatic nitrogens is 1. The largest absolute Gasteiger partial charge is 0.336 e. The van der Waals surface area contributed by atoms with Gasteiger partial charge in [0.15, 0.2) is 5.82 Å². The first-order valence-electron chi connectivity index (χ1n) is 6.46. The summed E-state index contributed by atoms with van der Waals surface area (Å²) in [5.74, 6) is 6.26. The highest BCUT2D eigenvalue weighted by Crippen LogP contribution is 2.31. The standard InChI is InChI=1S/C13H19ClN4O/c1-8(2)18(7-9-3-4-9)13(19)10-5-11(14)12(17-15)16-6-10/h5-6,8-9H,3-4,7,15H2,1-2H3,(H,16,17). The first-order chi connectivity index (χ1) is 9.02. The van der Waals surface area contributed by atoms with Crippen molar-refractivity contribution in [3.63, 3.8) is 0 Å². The normalized spacial score (nSPS) is 14.6. The van der Waals surface area contributed by atoms with Crippen molar-refractivity contribution in [3.05, 3.63) is 22.8 Å². The maximum atomic E-state index is 12.5. The number of nitrogens with two attached hydrogens (primary N) is 1. The molecular weight excluding hydrogens is 264 g/mol. The zero-order chi connectivity index (χ0) is 14.0. The number of hydrazine groups is 1. The Bertz CT molecular complexity index is 474. The number of carbonyl (C=O) groups excluding carboxylic acids is 1. The minimum atomic E-state index is -0.0279. The number of pyridine rings is 1. The summed E-state index contributed by atoms with van der Waals surface area (Å²) < 4.78 is 0. The zero-order valence-electron chi connectivity index (χ0n) is 11.2. The number of nitrogen functional groups attached to an aromatic ring is 1. The molecule has 0 spiro atoms. The van der Waals surface area contributed by atoms with Crippen molar-refractivity contribution in [2.75, 3.05) is 12.0 Å². The van der Waals surface area contributed by atoms with Crippen LogP contribution >= 0.6 is 11.6 Å². The average molecular weight is 283 g/mol. The maximum Gasteiger partial charge on any atom is 0.255 e. The van der Waals surface area contributed by atoms with E-state index in [0.717, 1.165) is 6.54 Å². The van der Waals surface area contributed by atoms with Gasteiger partial charge in [0.2, 0.25) is 0 Å². The minimum Gasteiger partial charge on any atom is -0.336 e. The summed E-state index contributed by atoms with van der Waals surface area (Å²) in [5, 5.41) is 0.350. The highest BCUT2D eigenvalue weighted by Gasteiger charge is 2.29. The van der Waals surface area contributed by atoms with Gasteiger partial charge < -0.3 is 10.3 Å². The summed E-state index contributed by atoms with van der Waals surface area (Å²) in [6.07, 6.45) is 3.93. The summed E-state index contributed by atoms with van der Waals surface area (Å²) in [6, 6.07) is 1.77. The molecule has 1 aliphatic carbocycles. The van der Waals surface area contributed by atoms with Crippen LogP contribution in [0.15, 0.2) is 12.3 Å². The van der Waals surface area contributed by atoms with Gasteiger partial charge in [-0.25, -0.2) is 10.8 Å². The van der Waals surface area contributed by atoms with Crippen LogP contribution in [0.4, 0.5) is 5.82 Å². The number of nitrogens with one attached hydrogen (secondary N) is 1. The lowest BCUT2D eigenvalue weighted by molar-refractivity contribution is 0.0696. The van der Waals surface area contributed by atoms with Gasteiger partial charge in [0.05, 0.1) is 10.6 Å². The molecule has 1 amide bonds. The van der Waals surface area contributed by atoms with Crippen LogP contribution < -0.4 is 11.3 Å². The van der Waals surface area contributed by atoms with E-state index in [9.17, 15) is 4.79 Å². The molecule has 1 saturated carbocycles. The summed E-state index contributed by atoms with van der Waals surface area (Å²) in [7, 11) is 0. The third kappa shape index (κ3) is 3.36. The summed E-state index contributed by atoms with van der Waals surface area (Å²) in [6.45, 7) is 4.85. The van der Waals surface area contributed by atoms with Crippen LogP contribution in [0.3, 0.4) is 0 Å². The van der Waals surface area contributed by atoms with Crippen LogP contribution in [0, 0.1) is 5.92 Å². The Hall–Kier alpha value is -1.33. The fraction of sp³-hybridized carbons (Fsp3) is 0.538. The fourth-order valence-corrected chi connectivity index (χ4v) is 2.15. The van der Waals surface area contributed by atoms with Crippen molar-refractivity contribution in [2.45, 2.75) is 32.7 Å². The molecule has 0 aliphatic heterocycles. The minimum absolute atomic E-state index is 0.0279. The van der Waals surface area contributed by atoms with Crippen LogP contribution in [0.2, 0.25) is 5.02 Å². The van der Waals surface area contributed by atoms with Gasteiger partial charge in [-0.05, 0) is 38.7 Å². The Morgan fingerprint density at radius 3 is 2.79 bits per heavy atom. The summed E-state index contributed by atoms with van der Waals surface area (Å²) in [5.41, 5.74) is 2.89. The molecule has 0 bridgehead atoms. The predicted octanol–water partition coefficient (Wildman–Crippen LogP) is 2.28. The van der Waals surface area contributed by atoms with Gasteiger partial charge in [0.1, 0.15) is 0 Å². The van der Waals surface area contributed by atoms with E-state index in [0.29, 0.717) is 22.3 Å². The molecule has 2 rings (SSSR count). The Morgan fingerprint density at radius 1 is 1.63 bits per heavy atom. The molecule has 5 nitrogen and oxygen atoms in total. The van der Waals surface area contributed by atoms with Crippen molar-refractivity contribution in [3.8, 4) is 0 Å². The molecule has 1 aromatic heterocycles. The summed E-state index contributed by atoms with van der Waals surface area (Å²) in [4.78, 5) is 18.4. The number of rotatable bonds is 5. The first kappa shape index (κ1) is 14.1. The molecule has 0 atom stereocenters. The van der Waals surface area contributed by atoms with E-state index in [1.54, 1.807) is 6.07 Å². The number of hydrogen-bond acceptors (Lipinski definition) is 4. The third-order valence-electron chi connectivity index (χ3n) is 3.26. The van der Waals surface area contributed by atoms with Gasteiger partial charge in [-0.2, -0.15) is 0 Å². The highest BCUT2D eigenvalue weighted by atomic mass is 35.5. The quantitative estimate of drug-likeness (QED) is 0.642. The molecule has 1 aromatic rings. The van der Waals surface area contributed by atoms with Crippen molar-refractivity contribution >= 4 is 23.3 Å². The number of carbonyl (C=O) groups is 1. The number of hydrogen-bond donors (Lipinski definition) is 2. The molecule has 104 valence electrons. The van der Waals surface area contributed by atoms with Gasteiger partial charge in [-0.15, -0.1) is 0 Å². The number of amides is 1. The van der Waals surface area contributed by atoms with E-state index in [1.807, 2.05) is 18.7 Å². The predicted molar refractivity (Wildman–Crippen MR) is 76.0 cm³/mol. The molecule has 6 heteroatoms. The molecule has 1 fully saturated rings. The Kier molecular flexibility index (Phi) is 4.27. The Morgan fingerprint density at radius 2 is 2.32 bits per heavy atom.